The van der Waals surface area contributed by atoms with Crippen LogP contribution in [0.3, 0.4) is 0 Å². The standard InChI is InChI=1S/C9H13NOS/c1-7(2)6-12-9-4-3-8(11)5-10-9/h3-5,7,11H,6H2,1-2H3. The first-order valence-corrected chi connectivity index (χ1v) is 4.95. The van der Waals surface area contributed by atoms with E-state index in [1.807, 2.05) is 6.07 Å². The molecule has 12 heavy (non-hydrogen) atoms. The summed E-state index contributed by atoms with van der Waals surface area (Å²) in [4.78, 5) is 4.06. The fourth-order valence-electron chi connectivity index (χ4n) is 0.710. The van der Waals surface area contributed by atoms with Crippen LogP contribution < -0.4 is 0 Å². The summed E-state index contributed by atoms with van der Waals surface area (Å²) in [6.45, 7) is 4.35. The third-order valence-electron chi connectivity index (χ3n) is 1.29. The first-order chi connectivity index (χ1) is 5.68. The van der Waals surface area contributed by atoms with E-state index in [4.69, 9.17) is 5.11 Å². The third kappa shape index (κ3) is 3.13. The minimum absolute atomic E-state index is 0.226. The summed E-state index contributed by atoms with van der Waals surface area (Å²) >= 11 is 1.72. The van der Waals surface area contributed by atoms with Gasteiger partial charge in [-0.1, -0.05) is 13.8 Å². The molecule has 1 aromatic rings. The van der Waals surface area contributed by atoms with Crippen LogP contribution in [0.15, 0.2) is 23.4 Å². The number of aromatic nitrogens is 1. The Hall–Kier alpha value is -0.700. The van der Waals surface area contributed by atoms with Crippen molar-refractivity contribution in [1.29, 1.82) is 0 Å². The molecule has 2 nitrogen and oxygen atoms in total. The fourth-order valence-corrected chi connectivity index (χ4v) is 1.51. The summed E-state index contributed by atoms with van der Waals surface area (Å²) in [6, 6.07) is 3.50. The van der Waals surface area contributed by atoms with Crippen LogP contribution in [0, 0.1) is 5.92 Å². The Bertz CT molecular complexity index is 233. The summed E-state index contributed by atoms with van der Waals surface area (Å²) < 4.78 is 0. The predicted molar refractivity (Wildman–Crippen MR) is 51.5 cm³/mol. The molecule has 1 rings (SSSR count). The van der Waals surface area contributed by atoms with Crippen LogP contribution in [0.25, 0.3) is 0 Å². The Balaban J connectivity index is 2.48. The average molecular weight is 183 g/mol. The van der Waals surface area contributed by atoms with Gasteiger partial charge in [-0.05, 0) is 18.1 Å². The molecular formula is C9H13NOS. The number of rotatable bonds is 3. The molecule has 0 radical (unpaired) electrons. The third-order valence-corrected chi connectivity index (χ3v) is 2.66. The van der Waals surface area contributed by atoms with E-state index in [-0.39, 0.29) is 5.75 Å². The first-order valence-electron chi connectivity index (χ1n) is 3.96. The average Bonchev–Trinajstić information content (AvgIpc) is 2.03. The van der Waals surface area contributed by atoms with Crippen LogP contribution in [0.2, 0.25) is 0 Å². The Morgan fingerprint density at radius 3 is 2.75 bits per heavy atom. The van der Waals surface area contributed by atoms with Gasteiger partial charge in [-0.3, -0.25) is 0 Å². The zero-order valence-corrected chi connectivity index (χ0v) is 8.14. The number of aromatic hydroxyl groups is 1. The van der Waals surface area contributed by atoms with Crippen LogP contribution in [-0.2, 0) is 0 Å². The highest BCUT2D eigenvalue weighted by Crippen LogP contribution is 2.19. The molecule has 0 aliphatic carbocycles. The molecule has 3 heteroatoms. The molecule has 0 bridgehead atoms. The molecule has 0 aliphatic heterocycles. The molecule has 1 N–H and O–H groups in total. The van der Waals surface area contributed by atoms with E-state index < -0.39 is 0 Å². The summed E-state index contributed by atoms with van der Waals surface area (Å²) in [5, 5.41) is 9.94. The van der Waals surface area contributed by atoms with Gasteiger partial charge in [0, 0.05) is 5.75 Å². The second-order valence-corrected chi connectivity index (χ2v) is 4.10. The largest absolute Gasteiger partial charge is 0.506 e. The van der Waals surface area contributed by atoms with E-state index in [1.54, 1.807) is 17.8 Å². The molecule has 0 fully saturated rings. The number of hydrogen-bond donors (Lipinski definition) is 1. The Morgan fingerprint density at radius 1 is 1.50 bits per heavy atom. The summed E-state index contributed by atoms with van der Waals surface area (Å²) in [6.07, 6.45) is 1.47. The molecule has 0 saturated heterocycles. The van der Waals surface area contributed by atoms with E-state index in [1.165, 1.54) is 6.20 Å². The van der Waals surface area contributed by atoms with Crippen LogP contribution >= 0.6 is 11.8 Å². The van der Waals surface area contributed by atoms with Crippen LogP contribution in [0.5, 0.6) is 5.75 Å². The quantitative estimate of drug-likeness (QED) is 0.731. The summed E-state index contributed by atoms with van der Waals surface area (Å²) in [5.74, 6) is 1.96. The van der Waals surface area contributed by atoms with Crippen molar-refractivity contribution in [3.63, 3.8) is 0 Å². The van der Waals surface area contributed by atoms with Crippen molar-refractivity contribution in [2.24, 2.45) is 5.92 Å². The lowest BCUT2D eigenvalue weighted by atomic mass is 10.3. The van der Waals surface area contributed by atoms with Gasteiger partial charge in [0.2, 0.25) is 0 Å². The molecule has 1 heterocycles. The van der Waals surface area contributed by atoms with Gasteiger partial charge in [-0.15, -0.1) is 11.8 Å². The lowest BCUT2D eigenvalue weighted by molar-refractivity contribution is 0.471. The van der Waals surface area contributed by atoms with Crippen molar-refractivity contribution in [2.75, 3.05) is 5.75 Å². The molecule has 0 spiro atoms. The number of thioether (sulfide) groups is 1. The minimum Gasteiger partial charge on any atom is -0.506 e. The van der Waals surface area contributed by atoms with Crippen molar-refractivity contribution in [3.8, 4) is 5.75 Å². The van der Waals surface area contributed by atoms with E-state index in [2.05, 4.69) is 18.8 Å². The topological polar surface area (TPSA) is 33.1 Å². The molecule has 0 saturated carbocycles. The maximum atomic E-state index is 8.96. The smallest absolute Gasteiger partial charge is 0.133 e. The minimum atomic E-state index is 0.226. The second kappa shape index (κ2) is 4.36. The van der Waals surface area contributed by atoms with E-state index in [9.17, 15) is 0 Å². The van der Waals surface area contributed by atoms with Crippen molar-refractivity contribution < 1.29 is 5.11 Å². The predicted octanol–water partition coefficient (Wildman–Crippen LogP) is 2.54. The number of hydrogen-bond acceptors (Lipinski definition) is 3. The van der Waals surface area contributed by atoms with Gasteiger partial charge in [0.05, 0.1) is 11.2 Å². The van der Waals surface area contributed by atoms with Gasteiger partial charge in [-0.25, -0.2) is 4.98 Å². The van der Waals surface area contributed by atoms with Gasteiger partial charge in [0.25, 0.3) is 0 Å². The molecule has 0 unspecified atom stereocenters. The Labute approximate surface area is 77.0 Å². The summed E-state index contributed by atoms with van der Waals surface area (Å²) in [7, 11) is 0. The molecule has 0 aliphatic rings. The Morgan fingerprint density at radius 2 is 2.25 bits per heavy atom. The lowest BCUT2D eigenvalue weighted by Gasteiger charge is -2.02. The van der Waals surface area contributed by atoms with Gasteiger partial charge in [0.1, 0.15) is 5.75 Å². The van der Waals surface area contributed by atoms with Crippen molar-refractivity contribution >= 4 is 11.8 Å². The molecular weight excluding hydrogens is 170 g/mol. The van der Waals surface area contributed by atoms with Crippen LogP contribution in [0.4, 0.5) is 0 Å². The molecule has 0 atom stereocenters. The normalized spacial score (nSPS) is 10.6. The highest BCUT2D eigenvalue weighted by Gasteiger charge is 1.98. The van der Waals surface area contributed by atoms with Gasteiger partial charge >= 0.3 is 0 Å². The zero-order valence-electron chi connectivity index (χ0n) is 7.32. The van der Waals surface area contributed by atoms with E-state index >= 15 is 0 Å². The van der Waals surface area contributed by atoms with Crippen LogP contribution in [-0.4, -0.2) is 15.8 Å². The summed E-state index contributed by atoms with van der Waals surface area (Å²) in [5.41, 5.74) is 0. The van der Waals surface area contributed by atoms with Gasteiger partial charge < -0.3 is 5.11 Å². The number of nitrogens with zero attached hydrogens (tertiary/aromatic N) is 1. The monoisotopic (exact) mass is 183 g/mol. The maximum absolute atomic E-state index is 8.96. The van der Waals surface area contributed by atoms with Crippen LogP contribution in [0.1, 0.15) is 13.8 Å². The van der Waals surface area contributed by atoms with Gasteiger partial charge in [-0.2, -0.15) is 0 Å². The van der Waals surface area contributed by atoms with Crippen molar-refractivity contribution in [1.82, 2.24) is 4.98 Å². The Kier molecular flexibility index (Phi) is 3.41. The number of pyridine rings is 1. The van der Waals surface area contributed by atoms with Crippen molar-refractivity contribution in [3.05, 3.63) is 18.3 Å². The highest BCUT2D eigenvalue weighted by molar-refractivity contribution is 7.99. The lowest BCUT2D eigenvalue weighted by Crippen LogP contribution is -1.90. The highest BCUT2D eigenvalue weighted by atomic mass is 32.2. The molecule has 66 valence electrons. The SMILES string of the molecule is CC(C)CSc1ccc(O)cn1. The molecule has 0 amide bonds. The first kappa shape index (κ1) is 9.39. The second-order valence-electron chi connectivity index (χ2n) is 3.06. The molecule has 1 aromatic heterocycles. The van der Waals surface area contributed by atoms with Crippen molar-refractivity contribution in [2.45, 2.75) is 18.9 Å². The molecule has 0 aromatic carbocycles. The fraction of sp³-hybridized carbons (Fsp3) is 0.444. The van der Waals surface area contributed by atoms with Gasteiger partial charge in [0.15, 0.2) is 0 Å². The maximum Gasteiger partial charge on any atom is 0.133 e. The van der Waals surface area contributed by atoms with E-state index in [0.29, 0.717) is 5.92 Å². The van der Waals surface area contributed by atoms with E-state index in [0.717, 1.165) is 10.8 Å². The zero-order chi connectivity index (χ0) is 8.97.